The number of hydrogen-bond acceptors (Lipinski definition) is 4. The van der Waals surface area contributed by atoms with E-state index >= 15 is 0 Å². The van der Waals surface area contributed by atoms with Gasteiger partial charge in [-0.25, -0.2) is 9.59 Å². The summed E-state index contributed by atoms with van der Waals surface area (Å²) in [5, 5.41) is 0. The first-order valence-electron chi connectivity index (χ1n) is 9.02. The van der Waals surface area contributed by atoms with Crippen molar-refractivity contribution in [3.8, 4) is 11.1 Å². The zero-order valence-electron chi connectivity index (χ0n) is 15.3. The van der Waals surface area contributed by atoms with Gasteiger partial charge in [-0.15, -0.1) is 5.48 Å². The van der Waals surface area contributed by atoms with Gasteiger partial charge < -0.3 is 9.57 Å². The Morgan fingerprint density at radius 2 is 1.43 bits per heavy atom. The fourth-order valence-electron chi connectivity index (χ4n) is 3.46. The summed E-state index contributed by atoms with van der Waals surface area (Å²) in [4.78, 5) is 28.8. The van der Waals surface area contributed by atoms with E-state index in [1.54, 1.807) is 24.3 Å². The number of rotatable bonds is 3. The van der Waals surface area contributed by atoms with E-state index in [-0.39, 0.29) is 12.5 Å². The third-order valence-electron chi connectivity index (χ3n) is 4.86. The van der Waals surface area contributed by atoms with Gasteiger partial charge in [-0.3, -0.25) is 0 Å². The molecule has 28 heavy (non-hydrogen) atoms. The number of fused-ring (bicyclic) bond motifs is 3. The van der Waals surface area contributed by atoms with Gasteiger partial charge in [0.2, 0.25) is 0 Å². The summed E-state index contributed by atoms with van der Waals surface area (Å²) >= 11 is 0. The van der Waals surface area contributed by atoms with Crippen molar-refractivity contribution in [3.05, 3.63) is 95.1 Å². The van der Waals surface area contributed by atoms with Crippen molar-refractivity contribution in [1.29, 1.82) is 0 Å². The molecule has 5 heteroatoms. The molecule has 0 heterocycles. The van der Waals surface area contributed by atoms with Crippen LogP contribution >= 0.6 is 0 Å². The molecule has 0 atom stereocenters. The first-order valence-corrected chi connectivity index (χ1v) is 9.02. The van der Waals surface area contributed by atoms with Crippen molar-refractivity contribution in [1.82, 2.24) is 5.48 Å². The molecule has 0 fully saturated rings. The molecule has 3 aromatic rings. The fraction of sp³-hybridized carbons (Fsp3) is 0.130. The van der Waals surface area contributed by atoms with Crippen LogP contribution in [0, 0.1) is 6.92 Å². The molecule has 0 spiro atoms. The molecule has 0 radical (unpaired) electrons. The minimum Gasteiger partial charge on any atom is -0.446 e. The van der Waals surface area contributed by atoms with Crippen molar-refractivity contribution >= 4 is 12.1 Å². The molecule has 140 valence electrons. The quantitative estimate of drug-likeness (QED) is 0.681. The van der Waals surface area contributed by atoms with Crippen molar-refractivity contribution in [2.24, 2.45) is 0 Å². The number of aryl methyl sites for hydroxylation is 1. The van der Waals surface area contributed by atoms with Gasteiger partial charge in [-0.1, -0.05) is 66.2 Å². The molecule has 0 bridgehead atoms. The lowest BCUT2D eigenvalue weighted by atomic mass is 9.98. The molecule has 1 aliphatic carbocycles. The second kappa shape index (κ2) is 7.56. The van der Waals surface area contributed by atoms with Crippen LogP contribution in [0.5, 0.6) is 0 Å². The Morgan fingerprint density at radius 1 is 0.857 bits per heavy atom. The minimum atomic E-state index is -0.803. The third kappa shape index (κ3) is 3.47. The van der Waals surface area contributed by atoms with Gasteiger partial charge in [-0.05, 0) is 41.3 Å². The summed E-state index contributed by atoms with van der Waals surface area (Å²) in [5.74, 6) is -0.695. The van der Waals surface area contributed by atoms with E-state index in [0.717, 1.165) is 27.8 Å². The molecule has 0 aromatic heterocycles. The number of benzene rings is 3. The SMILES string of the molecule is Cc1ccc(C(=O)ONC(=O)OCC2c3ccccc3-c3ccccc32)cc1. The van der Waals surface area contributed by atoms with Gasteiger partial charge in [0.05, 0.1) is 5.56 Å². The van der Waals surface area contributed by atoms with E-state index < -0.39 is 12.1 Å². The first kappa shape index (κ1) is 17.8. The smallest absolute Gasteiger partial charge is 0.440 e. The summed E-state index contributed by atoms with van der Waals surface area (Å²) in [7, 11) is 0. The zero-order chi connectivity index (χ0) is 19.5. The Balaban J connectivity index is 1.37. The topological polar surface area (TPSA) is 64.6 Å². The number of ether oxygens (including phenoxy) is 1. The number of nitrogens with one attached hydrogen (secondary N) is 1. The molecule has 0 saturated heterocycles. The average Bonchev–Trinajstić information content (AvgIpc) is 3.05. The van der Waals surface area contributed by atoms with E-state index in [4.69, 9.17) is 9.57 Å². The summed E-state index contributed by atoms with van der Waals surface area (Å²) in [6.07, 6.45) is -0.803. The van der Waals surface area contributed by atoms with Crippen LogP contribution in [0.25, 0.3) is 11.1 Å². The van der Waals surface area contributed by atoms with Crippen LogP contribution in [0.1, 0.15) is 33.0 Å². The monoisotopic (exact) mass is 373 g/mol. The van der Waals surface area contributed by atoms with Crippen LogP contribution in [0.4, 0.5) is 4.79 Å². The largest absolute Gasteiger partial charge is 0.446 e. The molecule has 1 aliphatic rings. The molecule has 1 amide bonds. The van der Waals surface area contributed by atoms with Crippen LogP contribution in [0.15, 0.2) is 72.8 Å². The Kier molecular flexibility index (Phi) is 4.81. The Bertz CT molecular complexity index is 981. The van der Waals surface area contributed by atoms with Crippen LogP contribution in [0.2, 0.25) is 0 Å². The molecule has 0 saturated carbocycles. The predicted octanol–water partition coefficient (Wildman–Crippen LogP) is 4.61. The molecule has 1 N–H and O–H groups in total. The van der Waals surface area contributed by atoms with Gasteiger partial charge in [0.15, 0.2) is 0 Å². The highest BCUT2D eigenvalue weighted by atomic mass is 16.7. The molecule has 5 nitrogen and oxygen atoms in total. The van der Waals surface area contributed by atoms with Crippen molar-refractivity contribution < 1.29 is 19.2 Å². The number of carbonyl (C=O) groups is 2. The molecule has 4 rings (SSSR count). The predicted molar refractivity (Wildman–Crippen MR) is 105 cm³/mol. The van der Waals surface area contributed by atoms with E-state index in [2.05, 4.69) is 17.6 Å². The molecule has 0 unspecified atom stereocenters. The fourth-order valence-corrected chi connectivity index (χ4v) is 3.46. The summed E-state index contributed by atoms with van der Waals surface area (Å²) in [5.41, 5.74) is 7.98. The van der Waals surface area contributed by atoms with Gasteiger partial charge in [-0.2, -0.15) is 0 Å². The van der Waals surface area contributed by atoms with Crippen LogP contribution in [0.3, 0.4) is 0 Å². The second-order valence-electron chi connectivity index (χ2n) is 6.68. The first-order chi connectivity index (χ1) is 13.6. The Hall–Kier alpha value is -3.60. The highest BCUT2D eigenvalue weighted by Crippen LogP contribution is 2.44. The number of hydrogen-bond donors (Lipinski definition) is 1. The normalized spacial score (nSPS) is 12.0. The summed E-state index contributed by atoms with van der Waals surface area (Å²) < 4.78 is 5.32. The standard InChI is InChI=1S/C23H19NO4/c1-15-10-12-16(13-11-15)22(25)28-24-23(26)27-14-21-19-8-4-2-6-17(19)18-7-3-5-9-20(18)21/h2-13,21H,14H2,1H3,(H,24,26). The number of hydroxylamine groups is 1. The second-order valence-corrected chi connectivity index (χ2v) is 6.68. The maximum atomic E-state index is 12.0. The zero-order valence-corrected chi connectivity index (χ0v) is 15.3. The van der Waals surface area contributed by atoms with E-state index in [1.165, 1.54) is 0 Å². The van der Waals surface area contributed by atoms with Crippen LogP contribution in [-0.4, -0.2) is 18.7 Å². The number of carbonyl (C=O) groups excluding carboxylic acids is 2. The lowest BCUT2D eigenvalue weighted by Crippen LogP contribution is -2.29. The summed E-state index contributed by atoms with van der Waals surface area (Å²) in [6.45, 7) is 2.08. The molecule has 3 aromatic carbocycles. The minimum absolute atomic E-state index is 0.0500. The molecule has 0 aliphatic heterocycles. The van der Waals surface area contributed by atoms with Gasteiger partial charge in [0.1, 0.15) is 6.61 Å². The van der Waals surface area contributed by atoms with Crippen molar-refractivity contribution in [2.45, 2.75) is 12.8 Å². The molecular formula is C23H19NO4. The third-order valence-corrected chi connectivity index (χ3v) is 4.86. The van der Waals surface area contributed by atoms with Crippen molar-refractivity contribution in [3.63, 3.8) is 0 Å². The average molecular weight is 373 g/mol. The lowest BCUT2D eigenvalue weighted by molar-refractivity contribution is 0.0205. The Labute approximate surface area is 162 Å². The maximum Gasteiger partial charge on any atom is 0.440 e. The van der Waals surface area contributed by atoms with Crippen LogP contribution in [-0.2, 0) is 9.57 Å². The lowest BCUT2D eigenvalue weighted by Gasteiger charge is -2.14. The highest BCUT2D eigenvalue weighted by molar-refractivity contribution is 5.90. The van der Waals surface area contributed by atoms with Crippen LogP contribution < -0.4 is 5.48 Å². The Morgan fingerprint density at radius 3 is 2.04 bits per heavy atom. The van der Waals surface area contributed by atoms with Gasteiger partial charge in [0, 0.05) is 5.92 Å². The van der Waals surface area contributed by atoms with Gasteiger partial charge in [0.25, 0.3) is 0 Å². The van der Waals surface area contributed by atoms with E-state index in [1.807, 2.05) is 43.3 Å². The maximum absolute atomic E-state index is 12.0. The highest BCUT2D eigenvalue weighted by Gasteiger charge is 2.29. The van der Waals surface area contributed by atoms with E-state index in [9.17, 15) is 9.59 Å². The number of amides is 1. The van der Waals surface area contributed by atoms with Crippen molar-refractivity contribution in [2.75, 3.05) is 6.61 Å². The van der Waals surface area contributed by atoms with Gasteiger partial charge >= 0.3 is 12.1 Å². The molecular weight excluding hydrogens is 354 g/mol. The summed E-state index contributed by atoms with van der Waals surface area (Å²) in [6, 6.07) is 23.0. The van der Waals surface area contributed by atoms with E-state index in [0.29, 0.717) is 5.56 Å².